The Bertz CT molecular complexity index is 744. The Balaban J connectivity index is 1.68. The van der Waals surface area contributed by atoms with Crippen molar-refractivity contribution in [2.24, 2.45) is 13.0 Å². The maximum absolute atomic E-state index is 12.7. The minimum atomic E-state index is -0.110. The predicted octanol–water partition coefficient (Wildman–Crippen LogP) is 1.06. The molecule has 134 valence electrons. The number of nitrogens with one attached hydrogen (secondary N) is 2. The fourth-order valence-corrected chi connectivity index (χ4v) is 3.34. The van der Waals surface area contributed by atoms with Gasteiger partial charge in [0.05, 0.1) is 26.3 Å². The highest BCUT2D eigenvalue weighted by Gasteiger charge is 2.34. The highest BCUT2D eigenvalue weighted by atomic mass is 16.5. The van der Waals surface area contributed by atoms with Gasteiger partial charge in [0.2, 0.25) is 5.91 Å². The number of aromatic nitrogens is 2. The lowest BCUT2D eigenvalue weighted by molar-refractivity contribution is -0.125. The Morgan fingerprint density at radius 1 is 1.36 bits per heavy atom. The van der Waals surface area contributed by atoms with Gasteiger partial charge in [0.25, 0.3) is 0 Å². The van der Waals surface area contributed by atoms with Crippen LogP contribution in [-0.4, -0.2) is 43.0 Å². The molecule has 0 aliphatic carbocycles. The van der Waals surface area contributed by atoms with Crippen molar-refractivity contribution in [3.05, 3.63) is 41.7 Å². The van der Waals surface area contributed by atoms with Crippen molar-refractivity contribution in [2.45, 2.75) is 12.5 Å². The molecule has 2 aromatic rings. The van der Waals surface area contributed by atoms with E-state index >= 15 is 0 Å². The summed E-state index contributed by atoms with van der Waals surface area (Å²) in [7, 11) is 5.08. The average molecular weight is 344 g/mol. The van der Waals surface area contributed by atoms with Crippen LogP contribution in [0, 0.1) is 5.92 Å². The van der Waals surface area contributed by atoms with E-state index in [9.17, 15) is 4.79 Å². The van der Waals surface area contributed by atoms with Gasteiger partial charge in [-0.25, -0.2) is 0 Å². The number of benzene rings is 1. The monoisotopic (exact) mass is 344 g/mol. The largest absolute Gasteiger partial charge is 0.493 e. The van der Waals surface area contributed by atoms with Gasteiger partial charge in [-0.1, -0.05) is 12.1 Å². The van der Waals surface area contributed by atoms with Crippen LogP contribution in [0.2, 0.25) is 0 Å². The third kappa shape index (κ3) is 3.61. The molecule has 1 aromatic heterocycles. The molecule has 0 bridgehead atoms. The van der Waals surface area contributed by atoms with Gasteiger partial charge in [-0.15, -0.1) is 0 Å². The van der Waals surface area contributed by atoms with Crippen LogP contribution >= 0.6 is 0 Å². The fourth-order valence-electron chi connectivity index (χ4n) is 3.34. The molecule has 7 nitrogen and oxygen atoms in total. The summed E-state index contributed by atoms with van der Waals surface area (Å²) in [6.45, 7) is 1.85. The van der Waals surface area contributed by atoms with Crippen molar-refractivity contribution in [3.8, 4) is 11.5 Å². The van der Waals surface area contributed by atoms with Gasteiger partial charge in [0, 0.05) is 44.4 Å². The normalized spacial score (nSPS) is 19.6. The molecule has 1 aliphatic rings. The first-order valence-electron chi connectivity index (χ1n) is 8.31. The van der Waals surface area contributed by atoms with Crippen LogP contribution in [0.4, 0.5) is 0 Å². The number of hydrogen-bond acceptors (Lipinski definition) is 5. The van der Waals surface area contributed by atoms with E-state index in [-0.39, 0.29) is 17.7 Å². The van der Waals surface area contributed by atoms with Crippen molar-refractivity contribution in [1.29, 1.82) is 0 Å². The number of hydrogen-bond donors (Lipinski definition) is 2. The third-order valence-corrected chi connectivity index (χ3v) is 4.64. The molecular formula is C18H24N4O3. The first kappa shape index (κ1) is 17.3. The zero-order valence-corrected chi connectivity index (χ0v) is 14.8. The third-order valence-electron chi connectivity index (χ3n) is 4.64. The molecule has 1 aliphatic heterocycles. The molecule has 7 heteroatoms. The van der Waals surface area contributed by atoms with Crippen molar-refractivity contribution < 1.29 is 14.3 Å². The van der Waals surface area contributed by atoms with Gasteiger partial charge < -0.3 is 20.1 Å². The van der Waals surface area contributed by atoms with Gasteiger partial charge in [0.1, 0.15) is 0 Å². The Hall–Kier alpha value is -2.54. The summed E-state index contributed by atoms with van der Waals surface area (Å²) in [4.78, 5) is 12.7. The maximum Gasteiger partial charge on any atom is 0.225 e. The zero-order chi connectivity index (χ0) is 17.8. The summed E-state index contributed by atoms with van der Waals surface area (Å²) >= 11 is 0. The highest BCUT2D eigenvalue weighted by molar-refractivity contribution is 5.80. The van der Waals surface area contributed by atoms with E-state index in [1.165, 1.54) is 0 Å². The lowest BCUT2D eigenvalue weighted by atomic mass is 9.90. The van der Waals surface area contributed by atoms with E-state index in [1.807, 2.05) is 37.6 Å². The molecular weight excluding hydrogens is 320 g/mol. The fraction of sp³-hybridized carbons (Fsp3) is 0.444. The summed E-state index contributed by atoms with van der Waals surface area (Å²) in [5.41, 5.74) is 1.98. The van der Waals surface area contributed by atoms with Crippen LogP contribution in [-0.2, 0) is 18.4 Å². The van der Waals surface area contributed by atoms with Gasteiger partial charge in [-0.2, -0.15) is 5.10 Å². The zero-order valence-electron chi connectivity index (χ0n) is 14.8. The first-order chi connectivity index (χ1) is 12.1. The van der Waals surface area contributed by atoms with Gasteiger partial charge in [-0.05, 0) is 11.6 Å². The molecule has 1 saturated heterocycles. The van der Waals surface area contributed by atoms with E-state index in [0.717, 1.165) is 17.7 Å². The molecule has 3 rings (SSSR count). The lowest BCUT2D eigenvalue weighted by Gasteiger charge is -2.18. The smallest absolute Gasteiger partial charge is 0.225 e. The SMILES string of the molecule is COc1cccc(CNC(=O)[C@H]2CNC[C@@H]2c2cnn(C)c2)c1OC. The van der Waals surface area contributed by atoms with Crippen LogP contribution in [0.1, 0.15) is 17.0 Å². The topological polar surface area (TPSA) is 77.4 Å². The quantitative estimate of drug-likeness (QED) is 0.819. The number of carbonyl (C=O) groups excluding carboxylic acids is 1. The highest BCUT2D eigenvalue weighted by Crippen LogP contribution is 2.31. The minimum absolute atomic E-state index is 0.0312. The number of carbonyl (C=O) groups is 1. The summed E-state index contributed by atoms with van der Waals surface area (Å²) < 4.78 is 12.5. The van der Waals surface area contributed by atoms with Crippen LogP contribution in [0.3, 0.4) is 0 Å². The molecule has 2 N–H and O–H groups in total. The maximum atomic E-state index is 12.7. The predicted molar refractivity (Wildman–Crippen MR) is 93.7 cm³/mol. The number of rotatable bonds is 6. The Morgan fingerprint density at radius 2 is 2.20 bits per heavy atom. The minimum Gasteiger partial charge on any atom is -0.493 e. The molecule has 2 atom stereocenters. The molecule has 0 unspecified atom stereocenters. The lowest BCUT2D eigenvalue weighted by Crippen LogP contribution is -2.34. The van der Waals surface area contributed by atoms with Crippen LogP contribution < -0.4 is 20.1 Å². The van der Waals surface area contributed by atoms with Gasteiger partial charge in [0.15, 0.2) is 11.5 Å². The summed E-state index contributed by atoms with van der Waals surface area (Å²) in [5.74, 6) is 1.37. The van der Waals surface area contributed by atoms with Gasteiger partial charge in [-0.3, -0.25) is 9.48 Å². The van der Waals surface area contributed by atoms with Crippen molar-refractivity contribution in [1.82, 2.24) is 20.4 Å². The van der Waals surface area contributed by atoms with E-state index in [2.05, 4.69) is 15.7 Å². The number of aryl methyl sites for hydroxylation is 1. The van der Waals surface area contributed by atoms with E-state index in [4.69, 9.17) is 9.47 Å². The number of amides is 1. The molecule has 0 radical (unpaired) electrons. The standard InChI is InChI=1S/C18H24N4O3/c1-22-11-13(8-21-22)14-9-19-10-15(14)18(23)20-7-12-5-4-6-16(24-2)17(12)25-3/h4-6,8,11,14-15,19H,7,9-10H2,1-3H3,(H,20,23)/t14-,15+/m1/s1. The van der Waals surface area contributed by atoms with Gasteiger partial charge >= 0.3 is 0 Å². The van der Waals surface area contributed by atoms with Crippen LogP contribution in [0.25, 0.3) is 0 Å². The van der Waals surface area contributed by atoms with E-state index in [1.54, 1.807) is 18.9 Å². The number of ether oxygens (including phenoxy) is 2. The molecule has 25 heavy (non-hydrogen) atoms. The molecule has 1 amide bonds. The van der Waals surface area contributed by atoms with Crippen LogP contribution in [0.5, 0.6) is 11.5 Å². The first-order valence-corrected chi connectivity index (χ1v) is 8.31. The van der Waals surface area contributed by atoms with Crippen molar-refractivity contribution in [2.75, 3.05) is 27.3 Å². The number of methoxy groups -OCH3 is 2. The Kier molecular flexibility index (Phi) is 5.23. The molecule has 0 saturated carbocycles. The average Bonchev–Trinajstić information content (AvgIpc) is 3.27. The van der Waals surface area contributed by atoms with Crippen molar-refractivity contribution in [3.63, 3.8) is 0 Å². The Morgan fingerprint density at radius 3 is 2.88 bits per heavy atom. The second-order valence-electron chi connectivity index (χ2n) is 6.19. The Labute approximate surface area is 147 Å². The van der Waals surface area contributed by atoms with Crippen molar-refractivity contribution >= 4 is 5.91 Å². The second-order valence-corrected chi connectivity index (χ2v) is 6.19. The summed E-state index contributed by atoms with van der Waals surface area (Å²) in [5, 5.41) is 10.6. The molecule has 1 fully saturated rings. The van der Waals surface area contributed by atoms with Crippen LogP contribution in [0.15, 0.2) is 30.6 Å². The molecule has 1 aromatic carbocycles. The van der Waals surface area contributed by atoms with E-state index in [0.29, 0.717) is 24.6 Å². The summed E-state index contributed by atoms with van der Waals surface area (Å²) in [6.07, 6.45) is 3.81. The molecule has 0 spiro atoms. The summed E-state index contributed by atoms with van der Waals surface area (Å²) in [6, 6.07) is 5.65. The number of para-hydroxylation sites is 1. The molecule has 2 heterocycles. The number of nitrogens with zero attached hydrogens (tertiary/aromatic N) is 2. The second kappa shape index (κ2) is 7.57. The van der Waals surface area contributed by atoms with E-state index < -0.39 is 0 Å².